The first-order valence-electron chi connectivity index (χ1n) is 6.17. The topological polar surface area (TPSA) is 34.4 Å². The quantitative estimate of drug-likeness (QED) is 0.878. The van der Waals surface area contributed by atoms with E-state index in [-0.39, 0.29) is 6.04 Å². The molecule has 0 fully saturated rings. The Morgan fingerprint density at radius 1 is 1.22 bits per heavy atom. The zero-order valence-corrected chi connectivity index (χ0v) is 11.1. The second kappa shape index (κ2) is 5.74. The second-order valence-corrected chi connectivity index (χ2v) is 4.15. The molecule has 0 bridgehead atoms. The zero-order valence-electron chi connectivity index (χ0n) is 11.1. The molecular weight excluding hydrogens is 226 g/mol. The van der Waals surface area contributed by atoms with Gasteiger partial charge >= 0.3 is 0 Å². The van der Waals surface area contributed by atoms with Crippen LogP contribution in [0.2, 0.25) is 0 Å². The van der Waals surface area contributed by atoms with Crippen molar-refractivity contribution in [1.29, 1.82) is 0 Å². The molecule has 1 atom stereocenters. The number of hydrogen-bond acceptors (Lipinski definition) is 3. The number of hydrogen-bond donors (Lipinski definition) is 1. The van der Waals surface area contributed by atoms with Crippen molar-refractivity contribution < 1.29 is 9.15 Å². The van der Waals surface area contributed by atoms with E-state index >= 15 is 0 Å². The molecule has 3 heteroatoms. The van der Waals surface area contributed by atoms with Gasteiger partial charge in [-0.3, -0.25) is 0 Å². The average Bonchev–Trinajstić information content (AvgIpc) is 2.89. The molecule has 0 spiro atoms. The molecule has 1 N–H and O–H groups in total. The van der Waals surface area contributed by atoms with Gasteiger partial charge in [0.15, 0.2) is 0 Å². The number of nitrogens with one attached hydrogen (secondary N) is 1. The fourth-order valence-electron chi connectivity index (χ4n) is 2.19. The highest BCUT2D eigenvalue weighted by Crippen LogP contribution is 2.27. The molecule has 1 heterocycles. The lowest BCUT2D eigenvalue weighted by molar-refractivity contribution is 0.414. The van der Waals surface area contributed by atoms with Gasteiger partial charge in [0, 0.05) is 12.0 Å². The number of benzene rings is 1. The minimum Gasteiger partial charge on any atom is -0.497 e. The van der Waals surface area contributed by atoms with E-state index in [1.807, 2.05) is 25.2 Å². The summed E-state index contributed by atoms with van der Waals surface area (Å²) in [5.41, 5.74) is 2.40. The van der Waals surface area contributed by atoms with Crippen LogP contribution in [0.4, 0.5) is 0 Å². The van der Waals surface area contributed by atoms with Gasteiger partial charge in [-0.2, -0.15) is 0 Å². The van der Waals surface area contributed by atoms with Crippen LogP contribution in [0.1, 0.15) is 29.9 Å². The predicted octanol–water partition coefficient (Wildman–Crippen LogP) is 3.16. The van der Waals surface area contributed by atoms with E-state index in [1.54, 1.807) is 13.4 Å². The van der Waals surface area contributed by atoms with Crippen molar-refractivity contribution in [1.82, 2.24) is 5.32 Å². The molecule has 1 aromatic heterocycles. The lowest BCUT2D eigenvalue weighted by Crippen LogP contribution is -2.18. The van der Waals surface area contributed by atoms with Crippen molar-refractivity contribution in [3.05, 3.63) is 53.5 Å². The van der Waals surface area contributed by atoms with Crippen molar-refractivity contribution in [3.63, 3.8) is 0 Å². The number of aryl methyl sites for hydroxylation is 1. The molecular formula is C15H19NO2. The van der Waals surface area contributed by atoms with Crippen LogP contribution >= 0.6 is 0 Å². The van der Waals surface area contributed by atoms with Crippen LogP contribution in [-0.4, -0.2) is 14.2 Å². The first-order valence-corrected chi connectivity index (χ1v) is 6.17. The van der Waals surface area contributed by atoms with E-state index in [4.69, 9.17) is 9.15 Å². The van der Waals surface area contributed by atoms with Crippen LogP contribution in [0.5, 0.6) is 5.75 Å². The Balaban J connectivity index is 2.32. The number of furan rings is 1. The minimum atomic E-state index is 0.157. The van der Waals surface area contributed by atoms with Gasteiger partial charge in [-0.25, -0.2) is 0 Å². The smallest absolute Gasteiger partial charge is 0.118 e. The summed E-state index contributed by atoms with van der Waals surface area (Å²) < 4.78 is 10.7. The van der Waals surface area contributed by atoms with Crippen LogP contribution in [0.25, 0.3) is 0 Å². The maximum absolute atomic E-state index is 5.50. The van der Waals surface area contributed by atoms with Crippen LogP contribution in [-0.2, 0) is 6.42 Å². The van der Waals surface area contributed by atoms with Gasteiger partial charge < -0.3 is 14.5 Å². The standard InChI is InChI=1S/C15H19NO2/c1-4-14-13(9-10-18-14)15(16-2)11-5-7-12(17-3)8-6-11/h5-10,15-16H,4H2,1-3H3. The molecule has 0 saturated carbocycles. The molecule has 3 nitrogen and oxygen atoms in total. The SMILES string of the molecule is CCc1occc1C(NC)c1ccc(OC)cc1. The third kappa shape index (κ3) is 2.41. The molecule has 2 aromatic rings. The maximum atomic E-state index is 5.50. The van der Waals surface area contributed by atoms with E-state index in [2.05, 4.69) is 24.4 Å². The van der Waals surface area contributed by atoms with E-state index in [0.717, 1.165) is 17.9 Å². The molecule has 0 amide bonds. The summed E-state index contributed by atoms with van der Waals surface area (Å²) in [6.45, 7) is 2.10. The molecule has 0 saturated heterocycles. The molecule has 0 radical (unpaired) electrons. The fourth-order valence-corrected chi connectivity index (χ4v) is 2.19. The summed E-state index contributed by atoms with van der Waals surface area (Å²) in [4.78, 5) is 0. The van der Waals surface area contributed by atoms with Gasteiger partial charge in [-0.1, -0.05) is 19.1 Å². The molecule has 0 aliphatic rings. The van der Waals surface area contributed by atoms with Gasteiger partial charge in [0.2, 0.25) is 0 Å². The van der Waals surface area contributed by atoms with Gasteiger partial charge in [-0.05, 0) is 30.8 Å². The molecule has 96 valence electrons. The summed E-state index contributed by atoms with van der Waals surface area (Å²) in [5, 5.41) is 3.33. The van der Waals surface area contributed by atoms with Crippen molar-refractivity contribution in [2.75, 3.05) is 14.2 Å². The molecule has 18 heavy (non-hydrogen) atoms. The minimum absolute atomic E-state index is 0.157. The van der Waals surface area contributed by atoms with E-state index in [1.165, 1.54) is 11.1 Å². The summed E-state index contributed by atoms with van der Waals surface area (Å²) >= 11 is 0. The molecule has 2 rings (SSSR count). The monoisotopic (exact) mass is 245 g/mol. The highest BCUT2D eigenvalue weighted by atomic mass is 16.5. The lowest BCUT2D eigenvalue weighted by Gasteiger charge is -2.17. The number of rotatable bonds is 5. The first-order chi connectivity index (χ1) is 8.80. The zero-order chi connectivity index (χ0) is 13.0. The number of methoxy groups -OCH3 is 1. The summed E-state index contributed by atoms with van der Waals surface area (Å²) in [6, 6.07) is 10.3. The average molecular weight is 245 g/mol. The third-order valence-electron chi connectivity index (χ3n) is 3.15. The highest BCUT2D eigenvalue weighted by Gasteiger charge is 2.17. The first kappa shape index (κ1) is 12.7. The Morgan fingerprint density at radius 3 is 2.50 bits per heavy atom. The lowest BCUT2D eigenvalue weighted by atomic mass is 9.98. The number of ether oxygens (including phenoxy) is 1. The predicted molar refractivity (Wildman–Crippen MR) is 72.0 cm³/mol. The Kier molecular flexibility index (Phi) is 4.05. The largest absolute Gasteiger partial charge is 0.497 e. The van der Waals surface area contributed by atoms with Gasteiger partial charge in [0.25, 0.3) is 0 Å². The molecule has 1 unspecified atom stereocenters. The van der Waals surface area contributed by atoms with Crippen LogP contribution < -0.4 is 10.1 Å². The molecule has 0 aliphatic heterocycles. The van der Waals surface area contributed by atoms with Gasteiger partial charge in [0.1, 0.15) is 11.5 Å². The van der Waals surface area contributed by atoms with E-state index in [0.29, 0.717) is 0 Å². The summed E-state index contributed by atoms with van der Waals surface area (Å²) in [7, 11) is 3.64. The van der Waals surface area contributed by atoms with Crippen molar-refractivity contribution in [3.8, 4) is 5.75 Å². The summed E-state index contributed by atoms with van der Waals surface area (Å²) in [5.74, 6) is 1.90. The highest BCUT2D eigenvalue weighted by molar-refractivity contribution is 5.36. The third-order valence-corrected chi connectivity index (χ3v) is 3.15. The van der Waals surface area contributed by atoms with E-state index < -0.39 is 0 Å². The Morgan fingerprint density at radius 2 is 1.94 bits per heavy atom. The van der Waals surface area contributed by atoms with E-state index in [9.17, 15) is 0 Å². The maximum Gasteiger partial charge on any atom is 0.118 e. The fraction of sp³-hybridized carbons (Fsp3) is 0.333. The second-order valence-electron chi connectivity index (χ2n) is 4.15. The van der Waals surface area contributed by atoms with Crippen molar-refractivity contribution >= 4 is 0 Å². The van der Waals surface area contributed by atoms with Crippen LogP contribution in [0.15, 0.2) is 41.0 Å². The molecule has 1 aromatic carbocycles. The van der Waals surface area contributed by atoms with Gasteiger partial charge in [-0.15, -0.1) is 0 Å². The summed E-state index contributed by atoms with van der Waals surface area (Å²) in [6.07, 6.45) is 2.65. The normalized spacial score (nSPS) is 12.4. The van der Waals surface area contributed by atoms with Crippen LogP contribution in [0, 0.1) is 0 Å². The van der Waals surface area contributed by atoms with Crippen LogP contribution in [0.3, 0.4) is 0 Å². The van der Waals surface area contributed by atoms with Gasteiger partial charge in [0.05, 0.1) is 19.4 Å². The Bertz CT molecular complexity index is 487. The van der Waals surface area contributed by atoms with Crippen molar-refractivity contribution in [2.45, 2.75) is 19.4 Å². The molecule has 0 aliphatic carbocycles. The van der Waals surface area contributed by atoms with Crippen molar-refractivity contribution in [2.24, 2.45) is 0 Å². The Labute approximate surface area is 108 Å². The Hall–Kier alpha value is -1.74.